The molecule has 1 heterocycles. The largest absolute Gasteiger partial charge is 0.490 e. The molecule has 1 aromatic heterocycles. The number of nitrogens with one attached hydrogen (secondary N) is 2. The van der Waals surface area contributed by atoms with Gasteiger partial charge in [-0.05, 0) is 56.2 Å². The summed E-state index contributed by atoms with van der Waals surface area (Å²) in [7, 11) is 0. The molecule has 0 fully saturated rings. The fourth-order valence-corrected chi connectivity index (χ4v) is 2.37. The third-order valence-corrected chi connectivity index (χ3v) is 3.74. The van der Waals surface area contributed by atoms with Crippen molar-refractivity contribution in [3.05, 3.63) is 42.6 Å². The van der Waals surface area contributed by atoms with Gasteiger partial charge < -0.3 is 30.3 Å². The topological polar surface area (TPSA) is 130 Å². The maximum Gasteiger partial charge on any atom is 0.407 e. The predicted octanol–water partition coefficient (Wildman–Crippen LogP) is 2.51. The van der Waals surface area contributed by atoms with Crippen LogP contribution in [0.1, 0.15) is 20.8 Å². The Kier molecular flexibility index (Phi) is 7.99. The first kappa shape index (κ1) is 23.0. The van der Waals surface area contributed by atoms with Crippen molar-refractivity contribution in [3.63, 3.8) is 0 Å². The molecule has 0 spiro atoms. The average molecular weight is 417 g/mol. The Labute approximate surface area is 175 Å². The zero-order valence-electron chi connectivity index (χ0n) is 17.2. The number of aliphatic hydroxyl groups is 1. The predicted molar refractivity (Wildman–Crippen MR) is 112 cm³/mol. The molecule has 9 heteroatoms. The van der Waals surface area contributed by atoms with Gasteiger partial charge >= 0.3 is 12.1 Å². The van der Waals surface area contributed by atoms with Gasteiger partial charge in [0.05, 0.1) is 0 Å². The zero-order valence-corrected chi connectivity index (χ0v) is 17.2. The van der Waals surface area contributed by atoms with Gasteiger partial charge in [0, 0.05) is 19.3 Å². The fourth-order valence-electron chi connectivity index (χ4n) is 2.37. The number of nitrogens with zero attached hydrogens (tertiary/aromatic N) is 1. The van der Waals surface area contributed by atoms with Crippen molar-refractivity contribution in [3.8, 4) is 16.9 Å². The normalized spacial score (nSPS) is 12.0. The summed E-state index contributed by atoms with van der Waals surface area (Å²) >= 11 is 0. The molecule has 0 aliphatic carbocycles. The number of aromatic nitrogens is 1. The highest BCUT2D eigenvalue weighted by atomic mass is 16.6. The van der Waals surface area contributed by atoms with Gasteiger partial charge in [-0.15, -0.1) is 0 Å². The number of pyridine rings is 1. The minimum absolute atomic E-state index is 0.324. The molecule has 1 atom stereocenters. The van der Waals surface area contributed by atoms with Crippen molar-refractivity contribution in [2.75, 3.05) is 25.0 Å². The van der Waals surface area contributed by atoms with Crippen LogP contribution in [0.2, 0.25) is 0 Å². The number of carbonyl (C=O) groups excluding carboxylic acids is 1. The van der Waals surface area contributed by atoms with Gasteiger partial charge in [0.25, 0.3) is 0 Å². The highest BCUT2D eigenvalue weighted by molar-refractivity contribution is 5.72. The van der Waals surface area contributed by atoms with E-state index in [-0.39, 0.29) is 6.61 Å². The van der Waals surface area contributed by atoms with E-state index in [0.717, 1.165) is 11.1 Å². The van der Waals surface area contributed by atoms with E-state index in [1.165, 1.54) is 0 Å². The number of amides is 1. The lowest BCUT2D eigenvalue weighted by atomic mass is 10.1. The summed E-state index contributed by atoms with van der Waals surface area (Å²) in [6.07, 6.45) is -0.362. The van der Waals surface area contributed by atoms with E-state index in [0.29, 0.717) is 24.7 Å². The Morgan fingerprint density at radius 1 is 1.10 bits per heavy atom. The Morgan fingerprint density at radius 2 is 1.80 bits per heavy atom. The molecule has 0 aliphatic rings. The van der Waals surface area contributed by atoms with Gasteiger partial charge in [-0.25, -0.2) is 14.6 Å². The third kappa shape index (κ3) is 7.96. The van der Waals surface area contributed by atoms with Crippen molar-refractivity contribution < 1.29 is 29.3 Å². The molecule has 9 nitrogen and oxygen atoms in total. The van der Waals surface area contributed by atoms with Gasteiger partial charge in [-0.1, -0.05) is 12.1 Å². The molecular weight excluding hydrogens is 390 g/mol. The smallest absolute Gasteiger partial charge is 0.407 e. The first-order chi connectivity index (χ1) is 14.1. The van der Waals surface area contributed by atoms with Gasteiger partial charge in [0.2, 0.25) is 0 Å². The number of carboxylic acid groups (broad SMARTS) is 1. The van der Waals surface area contributed by atoms with Crippen molar-refractivity contribution in [2.24, 2.45) is 0 Å². The summed E-state index contributed by atoms with van der Waals surface area (Å²) < 4.78 is 10.4. The molecule has 0 aliphatic heterocycles. The van der Waals surface area contributed by atoms with Crippen LogP contribution in [0, 0.1) is 0 Å². The second-order valence-electron chi connectivity index (χ2n) is 7.47. The van der Waals surface area contributed by atoms with E-state index in [2.05, 4.69) is 15.6 Å². The van der Waals surface area contributed by atoms with E-state index < -0.39 is 23.8 Å². The number of rotatable bonds is 9. The number of aliphatic carboxylic acids is 1. The second kappa shape index (κ2) is 10.4. The maximum absolute atomic E-state index is 11.6. The molecule has 0 saturated carbocycles. The molecule has 0 radical (unpaired) electrons. The Balaban J connectivity index is 1.86. The van der Waals surface area contributed by atoms with E-state index >= 15 is 0 Å². The van der Waals surface area contributed by atoms with Crippen molar-refractivity contribution in [2.45, 2.75) is 32.5 Å². The molecule has 1 aromatic carbocycles. The fraction of sp³-hybridized carbons (Fsp3) is 0.381. The number of aliphatic hydroxyl groups excluding tert-OH is 1. The maximum atomic E-state index is 11.6. The number of carboxylic acids is 1. The summed E-state index contributed by atoms with van der Waals surface area (Å²) in [6, 6.07) is 10.8. The summed E-state index contributed by atoms with van der Waals surface area (Å²) in [5.74, 6) is -0.215. The number of alkyl carbamates (subject to hydrolysis) is 1. The minimum Gasteiger partial charge on any atom is -0.490 e. The number of hydrogen-bond acceptors (Lipinski definition) is 7. The van der Waals surface area contributed by atoms with Crippen LogP contribution in [0.3, 0.4) is 0 Å². The summed E-state index contributed by atoms with van der Waals surface area (Å²) in [4.78, 5) is 26.5. The molecule has 1 unspecified atom stereocenters. The quantitative estimate of drug-likeness (QED) is 0.458. The lowest BCUT2D eigenvalue weighted by molar-refractivity contribution is -0.148. The van der Waals surface area contributed by atoms with Crippen LogP contribution in [-0.2, 0) is 9.53 Å². The minimum atomic E-state index is -1.57. The standard InChI is InChI=1S/C21H27N3O6/c1-21(2,3)30-20(28)24-11-10-23-18-12-15(8-9-22-18)14-4-6-16(7-5-14)29-13-17(25)19(26)27/h4-9,12,17,25H,10-11,13H2,1-3H3,(H,22,23)(H,24,28)(H,26,27). The molecular formula is C21H27N3O6. The van der Waals surface area contributed by atoms with Crippen LogP contribution in [0.25, 0.3) is 11.1 Å². The van der Waals surface area contributed by atoms with Crippen LogP contribution in [-0.4, -0.2) is 58.7 Å². The Bertz CT molecular complexity index is 849. The molecule has 2 aromatic rings. The highest BCUT2D eigenvalue weighted by Crippen LogP contribution is 2.24. The first-order valence-corrected chi connectivity index (χ1v) is 9.45. The van der Waals surface area contributed by atoms with Crippen LogP contribution in [0.4, 0.5) is 10.6 Å². The summed E-state index contributed by atoms with van der Waals surface area (Å²) in [6.45, 7) is 5.95. The number of ether oxygens (including phenoxy) is 2. The van der Waals surface area contributed by atoms with Crippen LogP contribution in [0.5, 0.6) is 5.75 Å². The molecule has 2 rings (SSSR count). The zero-order chi connectivity index (χ0) is 22.1. The lowest BCUT2D eigenvalue weighted by Crippen LogP contribution is -2.35. The monoisotopic (exact) mass is 417 g/mol. The van der Waals surface area contributed by atoms with Crippen molar-refractivity contribution in [1.29, 1.82) is 0 Å². The van der Waals surface area contributed by atoms with Crippen LogP contribution >= 0.6 is 0 Å². The first-order valence-electron chi connectivity index (χ1n) is 9.45. The SMILES string of the molecule is CC(C)(C)OC(=O)NCCNc1cc(-c2ccc(OCC(O)C(=O)O)cc2)ccn1. The molecule has 1 amide bonds. The number of benzene rings is 1. The molecule has 0 saturated heterocycles. The van der Waals surface area contributed by atoms with E-state index in [4.69, 9.17) is 14.6 Å². The van der Waals surface area contributed by atoms with Gasteiger partial charge in [0.1, 0.15) is 23.8 Å². The van der Waals surface area contributed by atoms with Crippen molar-refractivity contribution in [1.82, 2.24) is 10.3 Å². The highest BCUT2D eigenvalue weighted by Gasteiger charge is 2.15. The molecule has 162 valence electrons. The number of carbonyl (C=O) groups is 2. The summed E-state index contributed by atoms with van der Waals surface area (Å²) in [5.41, 5.74) is 1.30. The second-order valence-corrected chi connectivity index (χ2v) is 7.47. The van der Waals surface area contributed by atoms with Crippen molar-refractivity contribution >= 4 is 17.9 Å². The van der Waals surface area contributed by atoms with Crippen LogP contribution < -0.4 is 15.4 Å². The van der Waals surface area contributed by atoms with E-state index in [1.807, 2.05) is 24.3 Å². The lowest BCUT2D eigenvalue weighted by Gasteiger charge is -2.19. The average Bonchev–Trinajstić information content (AvgIpc) is 2.68. The Hall–Kier alpha value is -3.33. The summed E-state index contributed by atoms with van der Waals surface area (Å²) in [5, 5.41) is 23.7. The third-order valence-electron chi connectivity index (χ3n) is 3.74. The van der Waals surface area contributed by atoms with Crippen LogP contribution in [0.15, 0.2) is 42.6 Å². The van der Waals surface area contributed by atoms with Gasteiger partial charge in [0.15, 0.2) is 6.10 Å². The number of hydrogen-bond donors (Lipinski definition) is 4. The molecule has 4 N–H and O–H groups in total. The van der Waals surface area contributed by atoms with Gasteiger partial charge in [-0.2, -0.15) is 0 Å². The molecule has 30 heavy (non-hydrogen) atoms. The van der Waals surface area contributed by atoms with E-state index in [1.54, 1.807) is 39.1 Å². The number of anilines is 1. The van der Waals surface area contributed by atoms with E-state index in [9.17, 15) is 14.7 Å². The Morgan fingerprint density at radius 3 is 2.43 bits per heavy atom. The molecule has 0 bridgehead atoms. The van der Waals surface area contributed by atoms with Gasteiger partial charge in [-0.3, -0.25) is 0 Å².